The molecule has 0 radical (unpaired) electrons. The first-order valence-electron chi connectivity index (χ1n) is 4.74. The highest BCUT2D eigenvalue weighted by Crippen LogP contribution is 2.25. The van der Waals surface area contributed by atoms with Crippen LogP contribution in [0.5, 0.6) is 0 Å². The summed E-state index contributed by atoms with van der Waals surface area (Å²) < 4.78 is 0. The molecule has 0 heterocycles. The summed E-state index contributed by atoms with van der Waals surface area (Å²) in [6.45, 7) is 4.25. The maximum atomic E-state index is 10.7. The average Bonchev–Trinajstić information content (AvgIpc) is 2.17. The van der Waals surface area contributed by atoms with E-state index in [0.717, 1.165) is 4.90 Å². The van der Waals surface area contributed by atoms with E-state index in [9.17, 15) is 4.79 Å². The van der Waals surface area contributed by atoms with Crippen LogP contribution in [0.1, 0.15) is 13.8 Å². The standard InChI is InChI=1S/C11H15NO2S/c1-8(2)15-10-6-4-9(5-7-10)12(3)11(13)14/h4-8H,1-3H3,(H,13,14). The van der Waals surface area contributed by atoms with Crippen LogP contribution in [0.4, 0.5) is 10.5 Å². The van der Waals surface area contributed by atoms with Crippen molar-refractivity contribution >= 4 is 23.5 Å². The van der Waals surface area contributed by atoms with Gasteiger partial charge in [-0.25, -0.2) is 4.79 Å². The summed E-state index contributed by atoms with van der Waals surface area (Å²) in [7, 11) is 1.53. The molecule has 0 bridgehead atoms. The molecule has 15 heavy (non-hydrogen) atoms. The summed E-state index contributed by atoms with van der Waals surface area (Å²) in [5.41, 5.74) is 0.690. The van der Waals surface area contributed by atoms with Gasteiger partial charge in [0.15, 0.2) is 0 Å². The Morgan fingerprint density at radius 2 is 1.87 bits per heavy atom. The quantitative estimate of drug-likeness (QED) is 0.802. The van der Waals surface area contributed by atoms with Crippen LogP contribution in [-0.2, 0) is 0 Å². The van der Waals surface area contributed by atoms with E-state index in [1.165, 1.54) is 11.9 Å². The first-order chi connectivity index (χ1) is 7.00. The Morgan fingerprint density at radius 3 is 2.27 bits per heavy atom. The third kappa shape index (κ3) is 3.47. The fourth-order valence-electron chi connectivity index (χ4n) is 1.13. The molecular weight excluding hydrogens is 210 g/mol. The van der Waals surface area contributed by atoms with Gasteiger partial charge < -0.3 is 5.11 Å². The van der Waals surface area contributed by atoms with Crippen molar-refractivity contribution in [1.82, 2.24) is 0 Å². The van der Waals surface area contributed by atoms with Crippen molar-refractivity contribution in [1.29, 1.82) is 0 Å². The lowest BCUT2D eigenvalue weighted by molar-refractivity contribution is 0.203. The first-order valence-corrected chi connectivity index (χ1v) is 5.62. The van der Waals surface area contributed by atoms with Crippen molar-refractivity contribution < 1.29 is 9.90 Å². The summed E-state index contributed by atoms with van der Waals surface area (Å²) >= 11 is 1.76. The van der Waals surface area contributed by atoms with E-state index in [1.807, 2.05) is 24.3 Å². The van der Waals surface area contributed by atoms with Gasteiger partial charge in [0.2, 0.25) is 0 Å². The van der Waals surface area contributed by atoms with Crippen molar-refractivity contribution in [3.63, 3.8) is 0 Å². The third-order valence-corrected chi connectivity index (χ3v) is 2.90. The van der Waals surface area contributed by atoms with E-state index in [4.69, 9.17) is 5.11 Å². The van der Waals surface area contributed by atoms with Gasteiger partial charge in [-0.1, -0.05) is 13.8 Å². The molecule has 82 valence electrons. The molecule has 1 N–H and O–H groups in total. The molecule has 0 unspecified atom stereocenters. The lowest BCUT2D eigenvalue weighted by atomic mass is 10.3. The molecule has 1 aromatic rings. The highest BCUT2D eigenvalue weighted by Gasteiger charge is 2.07. The molecule has 0 fully saturated rings. The van der Waals surface area contributed by atoms with E-state index >= 15 is 0 Å². The normalized spacial score (nSPS) is 10.4. The van der Waals surface area contributed by atoms with Gasteiger partial charge in [0.05, 0.1) is 0 Å². The predicted octanol–water partition coefficient (Wildman–Crippen LogP) is 3.30. The third-order valence-electron chi connectivity index (χ3n) is 1.88. The van der Waals surface area contributed by atoms with Crippen molar-refractivity contribution in [2.45, 2.75) is 24.0 Å². The molecule has 1 rings (SSSR count). The minimum absolute atomic E-state index is 0.535. The second kappa shape index (κ2) is 5.07. The molecular formula is C11H15NO2S. The molecule has 0 aliphatic carbocycles. The Morgan fingerprint density at radius 1 is 1.33 bits per heavy atom. The lowest BCUT2D eigenvalue weighted by Gasteiger charge is -2.13. The molecule has 0 atom stereocenters. The second-order valence-corrected chi connectivity index (χ2v) is 5.15. The van der Waals surface area contributed by atoms with Crippen molar-refractivity contribution in [3.8, 4) is 0 Å². The summed E-state index contributed by atoms with van der Waals surface area (Å²) in [5.74, 6) is 0. The van der Waals surface area contributed by atoms with Gasteiger partial charge in [0.25, 0.3) is 0 Å². The molecule has 0 saturated heterocycles. The number of rotatable bonds is 3. The Balaban J connectivity index is 2.76. The van der Waals surface area contributed by atoms with E-state index < -0.39 is 6.09 Å². The summed E-state index contributed by atoms with van der Waals surface area (Å²) in [4.78, 5) is 13.0. The summed E-state index contributed by atoms with van der Waals surface area (Å²) in [6.07, 6.45) is -0.945. The van der Waals surface area contributed by atoms with Crippen LogP contribution in [0.3, 0.4) is 0 Å². The van der Waals surface area contributed by atoms with Gasteiger partial charge in [-0.05, 0) is 24.3 Å². The second-order valence-electron chi connectivity index (χ2n) is 3.50. The lowest BCUT2D eigenvalue weighted by Crippen LogP contribution is -2.23. The van der Waals surface area contributed by atoms with Crippen LogP contribution in [-0.4, -0.2) is 23.5 Å². The van der Waals surface area contributed by atoms with Crippen molar-refractivity contribution in [3.05, 3.63) is 24.3 Å². The zero-order valence-corrected chi connectivity index (χ0v) is 9.91. The SMILES string of the molecule is CC(C)Sc1ccc(N(C)C(=O)O)cc1. The maximum absolute atomic E-state index is 10.7. The van der Waals surface area contributed by atoms with E-state index in [1.54, 1.807) is 11.8 Å². The van der Waals surface area contributed by atoms with Gasteiger partial charge in [-0.15, -0.1) is 11.8 Å². The number of anilines is 1. The molecule has 1 aromatic carbocycles. The largest absolute Gasteiger partial charge is 0.465 e. The number of nitrogens with zero attached hydrogens (tertiary/aromatic N) is 1. The summed E-state index contributed by atoms with van der Waals surface area (Å²) in [6, 6.07) is 7.52. The van der Waals surface area contributed by atoms with Gasteiger partial charge >= 0.3 is 6.09 Å². The molecule has 3 nitrogen and oxygen atoms in total. The average molecular weight is 225 g/mol. The molecule has 4 heteroatoms. The highest BCUT2D eigenvalue weighted by molar-refractivity contribution is 7.99. The number of carboxylic acid groups (broad SMARTS) is 1. The fourth-order valence-corrected chi connectivity index (χ4v) is 1.97. The number of amides is 1. The Hall–Kier alpha value is -1.16. The number of carbonyl (C=O) groups is 1. The topological polar surface area (TPSA) is 40.5 Å². The smallest absolute Gasteiger partial charge is 0.411 e. The molecule has 0 aliphatic heterocycles. The number of thioether (sulfide) groups is 1. The van der Waals surface area contributed by atoms with Crippen LogP contribution >= 0.6 is 11.8 Å². The zero-order chi connectivity index (χ0) is 11.4. The van der Waals surface area contributed by atoms with E-state index in [-0.39, 0.29) is 0 Å². The number of hydrogen-bond acceptors (Lipinski definition) is 2. The number of hydrogen-bond donors (Lipinski definition) is 1. The van der Waals surface area contributed by atoms with Gasteiger partial charge in [-0.2, -0.15) is 0 Å². The van der Waals surface area contributed by atoms with Crippen LogP contribution in [0.25, 0.3) is 0 Å². The van der Waals surface area contributed by atoms with Crippen LogP contribution in [0.15, 0.2) is 29.2 Å². The monoisotopic (exact) mass is 225 g/mol. The zero-order valence-electron chi connectivity index (χ0n) is 9.10. The number of benzene rings is 1. The van der Waals surface area contributed by atoms with Gasteiger partial charge in [-0.3, -0.25) is 4.90 Å². The Kier molecular flexibility index (Phi) is 4.03. The molecule has 0 aliphatic rings. The Labute approximate surface area is 94.1 Å². The first kappa shape index (κ1) is 11.9. The summed E-state index contributed by atoms with van der Waals surface area (Å²) in [5, 5.41) is 9.31. The van der Waals surface area contributed by atoms with Crippen LogP contribution < -0.4 is 4.90 Å². The van der Waals surface area contributed by atoms with Crippen LogP contribution in [0, 0.1) is 0 Å². The van der Waals surface area contributed by atoms with Gasteiger partial charge in [0.1, 0.15) is 0 Å². The molecule has 0 saturated carbocycles. The van der Waals surface area contributed by atoms with E-state index in [0.29, 0.717) is 10.9 Å². The van der Waals surface area contributed by atoms with E-state index in [2.05, 4.69) is 13.8 Å². The van der Waals surface area contributed by atoms with Crippen molar-refractivity contribution in [2.75, 3.05) is 11.9 Å². The minimum Gasteiger partial charge on any atom is -0.465 e. The highest BCUT2D eigenvalue weighted by atomic mass is 32.2. The van der Waals surface area contributed by atoms with Crippen molar-refractivity contribution in [2.24, 2.45) is 0 Å². The van der Waals surface area contributed by atoms with Crippen LogP contribution in [0.2, 0.25) is 0 Å². The molecule has 0 aromatic heterocycles. The maximum Gasteiger partial charge on any atom is 0.411 e. The Bertz CT molecular complexity index is 335. The predicted molar refractivity (Wildman–Crippen MR) is 63.9 cm³/mol. The molecule has 1 amide bonds. The minimum atomic E-state index is -0.945. The van der Waals surface area contributed by atoms with Gasteiger partial charge in [0, 0.05) is 22.9 Å². The molecule has 0 spiro atoms. The fraction of sp³-hybridized carbons (Fsp3) is 0.364.